The molecule has 33 heavy (non-hydrogen) atoms. The number of carboxylic acids is 1. The molecule has 0 aromatic heterocycles. The van der Waals surface area contributed by atoms with Crippen molar-refractivity contribution in [2.24, 2.45) is 0 Å². The van der Waals surface area contributed by atoms with Crippen LogP contribution in [-0.2, 0) is 20.9 Å². The van der Waals surface area contributed by atoms with E-state index in [2.05, 4.69) is 10.1 Å². The topological polar surface area (TPSA) is 120 Å². The van der Waals surface area contributed by atoms with Crippen molar-refractivity contribution in [1.82, 2.24) is 0 Å². The molecule has 0 aliphatic heterocycles. The van der Waals surface area contributed by atoms with Crippen LogP contribution in [0, 0.1) is 0 Å². The van der Waals surface area contributed by atoms with Gasteiger partial charge in [0.05, 0.1) is 25.0 Å². The summed E-state index contributed by atoms with van der Waals surface area (Å²) < 4.78 is 21.4. The maximum Gasteiger partial charge on any atom is 0.412 e. The first-order valence-corrected chi connectivity index (χ1v) is 10.4. The van der Waals surface area contributed by atoms with Crippen LogP contribution in [0.4, 0.5) is 10.5 Å². The van der Waals surface area contributed by atoms with E-state index < -0.39 is 17.7 Å². The first-order valence-electron chi connectivity index (χ1n) is 10.4. The van der Waals surface area contributed by atoms with Crippen molar-refractivity contribution in [2.75, 3.05) is 19.0 Å². The predicted molar refractivity (Wildman–Crippen MR) is 121 cm³/mol. The molecule has 0 aliphatic rings. The number of methoxy groups -OCH3 is 1. The highest BCUT2D eigenvalue weighted by Crippen LogP contribution is 2.35. The minimum Gasteiger partial charge on any atom is -0.490 e. The summed E-state index contributed by atoms with van der Waals surface area (Å²) in [5.41, 5.74) is -0.0843. The Labute approximate surface area is 192 Å². The average molecular weight is 459 g/mol. The number of aromatic carboxylic acids is 1. The second-order valence-corrected chi connectivity index (χ2v) is 8.08. The van der Waals surface area contributed by atoms with E-state index in [0.29, 0.717) is 6.42 Å². The van der Waals surface area contributed by atoms with Crippen LogP contribution in [0.2, 0.25) is 0 Å². The Morgan fingerprint density at radius 2 is 1.67 bits per heavy atom. The molecule has 2 rings (SSSR count). The smallest absolute Gasteiger partial charge is 0.412 e. The van der Waals surface area contributed by atoms with E-state index >= 15 is 0 Å². The summed E-state index contributed by atoms with van der Waals surface area (Å²) in [5.74, 6) is -1.23. The van der Waals surface area contributed by atoms with Gasteiger partial charge in [-0.05, 0) is 32.8 Å². The van der Waals surface area contributed by atoms with Crippen molar-refractivity contribution < 1.29 is 38.4 Å². The zero-order valence-corrected chi connectivity index (χ0v) is 19.2. The molecule has 9 nitrogen and oxygen atoms in total. The van der Waals surface area contributed by atoms with Crippen LogP contribution in [0.25, 0.3) is 0 Å². The summed E-state index contributed by atoms with van der Waals surface area (Å²) in [7, 11) is 1.30. The molecule has 0 atom stereocenters. The number of carbonyl (C=O) groups is 3. The fourth-order valence-corrected chi connectivity index (χ4v) is 2.72. The third kappa shape index (κ3) is 8.72. The number of esters is 1. The van der Waals surface area contributed by atoms with E-state index in [-0.39, 0.29) is 48.4 Å². The third-order valence-electron chi connectivity index (χ3n) is 4.20. The molecule has 0 aliphatic carbocycles. The van der Waals surface area contributed by atoms with E-state index in [1.54, 1.807) is 20.8 Å². The predicted octanol–water partition coefficient (Wildman–Crippen LogP) is 4.64. The van der Waals surface area contributed by atoms with Crippen LogP contribution in [-0.4, -0.2) is 42.5 Å². The second-order valence-electron chi connectivity index (χ2n) is 8.08. The molecule has 0 bridgehead atoms. The quantitative estimate of drug-likeness (QED) is 0.389. The summed E-state index contributed by atoms with van der Waals surface area (Å²) in [6, 6.07) is 12.0. The SMILES string of the molecule is COC(=O)CCCOc1cc(NC(=O)OC(C)(C)C)c(C(=O)O)cc1OCc1ccccc1. The number of amides is 1. The van der Waals surface area contributed by atoms with Gasteiger partial charge >= 0.3 is 18.0 Å². The molecule has 178 valence electrons. The highest BCUT2D eigenvalue weighted by Gasteiger charge is 2.22. The largest absolute Gasteiger partial charge is 0.490 e. The van der Waals surface area contributed by atoms with Crippen molar-refractivity contribution in [3.05, 3.63) is 53.6 Å². The molecule has 0 saturated heterocycles. The second kappa shape index (κ2) is 11.8. The van der Waals surface area contributed by atoms with Crippen LogP contribution >= 0.6 is 0 Å². The molecular weight excluding hydrogens is 430 g/mol. The Bertz CT molecular complexity index is 966. The maximum absolute atomic E-state index is 12.2. The van der Waals surface area contributed by atoms with Crippen molar-refractivity contribution >= 4 is 23.7 Å². The van der Waals surface area contributed by atoms with Gasteiger partial charge in [-0.3, -0.25) is 10.1 Å². The fourth-order valence-electron chi connectivity index (χ4n) is 2.72. The van der Waals surface area contributed by atoms with Gasteiger partial charge in [-0.1, -0.05) is 30.3 Å². The molecule has 0 spiro atoms. The zero-order valence-electron chi connectivity index (χ0n) is 19.2. The van der Waals surface area contributed by atoms with Gasteiger partial charge < -0.3 is 24.1 Å². The van der Waals surface area contributed by atoms with Gasteiger partial charge in [0.25, 0.3) is 0 Å². The minimum absolute atomic E-state index is 0.00761. The van der Waals surface area contributed by atoms with Gasteiger partial charge in [-0.25, -0.2) is 9.59 Å². The van der Waals surface area contributed by atoms with Gasteiger partial charge in [0.15, 0.2) is 11.5 Å². The lowest BCUT2D eigenvalue weighted by Crippen LogP contribution is -2.27. The first kappa shape index (κ1) is 25.5. The summed E-state index contributed by atoms with van der Waals surface area (Å²) in [5, 5.41) is 12.1. The normalized spacial score (nSPS) is 10.8. The molecule has 0 radical (unpaired) electrons. The molecule has 9 heteroatoms. The number of ether oxygens (including phenoxy) is 4. The highest BCUT2D eigenvalue weighted by atomic mass is 16.6. The number of carbonyl (C=O) groups excluding carboxylic acids is 2. The average Bonchev–Trinajstić information content (AvgIpc) is 2.74. The standard InChI is InChI=1S/C24H29NO8/c1-24(2,3)33-23(29)25-18-14-20(31-12-8-11-21(26)30-4)19(13-17(18)22(27)28)32-15-16-9-6-5-7-10-16/h5-7,9-10,13-14H,8,11-12,15H2,1-4H3,(H,25,29)(H,27,28). The Morgan fingerprint density at radius 3 is 2.27 bits per heavy atom. The lowest BCUT2D eigenvalue weighted by molar-refractivity contribution is -0.140. The van der Waals surface area contributed by atoms with Gasteiger partial charge in [-0.15, -0.1) is 0 Å². The van der Waals surface area contributed by atoms with Crippen LogP contribution in [0.1, 0.15) is 49.5 Å². The van der Waals surface area contributed by atoms with E-state index in [1.807, 2.05) is 30.3 Å². The Morgan fingerprint density at radius 1 is 1.00 bits per heavy atom. The van der Waals surface area contributed by atoms with Crippen molar-refractivity contribution in [3.63, 3.8) is 0 Å². The van der Waals surface area contributed by atoms with Gasteiger partial charge in [-0.2, -0.15) is 0 Å². The Hall–Kier alpha value is -3.75. The van der Waals surface area contributed by atoms with Gasteiger partial charge in [0.1, 0.15) is 12.2 Å². The Kier molecular flexibility index (Phi) is 9.08. The number of benzene rings is 2. The molecular formula is C24H29NO8. The van der Waals surface area contributed by atoms with E-state index in [0.717, 1.165) is 5.56 Å². The van der Waals surface area contributed by atoms with Crippen molar-refractivity contribution in [3.8, 4) is 11.5 Å². The molecule has 0 fully saturated rings. The maximum atomic E-state index is 12.2. The Balaban J connectivity index is 2.29. The number of carboxylic acid groups (broad SMARTS) is 1. The molecule has 0 saturated carbocycles. The molecule has 2 aromatic rings. The first-order chi connectivity index (χ1) is 15.6. The summed E-state index contributed by atoms with van der Waals surface area (Å²) in [6.45, 7) is 5.41. The van der Waals surface area contributed by atoms with Crippen LogP contribution in [0.5, 0.6) is 11.5 Å². The number of hydrogen-bond donors (Lipinski definition) is 2. The lowest BCUT2D eigenvalue weighted by Gasteiger charge is -2.21. The van der Waals surface area contributed by atoms with Crippen LogP contribution < -0.4 is 14.8 Å². The van der Waals surface area contributed by atoms with E-state index in [4.69, 9.17) is 14.2 Å². The van der Waals surface area contributed by atoms with Crippen LogP contribution in [0.15, 0.2) is 42.5 Å². The summed E-state index contributed by atoms with van der Waals surface area (Å²) in [4.78, 5) is 35.4. The van der Waals surface area contributed by atoms with Crippen molar-refractivity contribution in [2.45, 2.75) is 45.8 Å². The monoisotopic (exact) mass is 459 g/mol. The molecule has 1 amide bonds. The van der Waals surface area contributed by atoms with E-state index in [1.165, 1.54) is 19.2 Å². The van der Waals surface area contributed by atoms with Gasteiger partial charge in [0.2, 0.25) is 0 Å². The van der Waals surface area contributed by atoms with Crippen LogP contribution in [0.3, 0.4) is 0 Å². The molecule has 2 N–H and O–H groups in total. The molecule has 0 heterocycles. The third-order valence-corrected chi connectivity index (χ3v) is 4.20. The lowest BCUT2D eigenvalue weighted by atomic mass is 10.1. The fraction of sp³-hybridized carbons (Fsp3) is 0.375. The summed E-state index contributed by atoms with van der Waals surface area (Å²) in [6.07, 6.45) is -0.271. The molecule has 0 unspecified atom stereocenters. The highest BCUT2D eigenvalue weighted by molar-refractivity contribution is 5.99. The summed E-state index contributed by atoms with van der Waals surface area (Å²) >= 11 is 0. The zero-order chi connectivity index (χ0) is 24.4. The minimum atomic E-state index is -1.26. The number of anilines is 1. The van der Waals surface area contributed by atoms with Crippen molar-refractivity contribution in [1.29, 1.82) is 0 Å². The molecule has 2 aromatic carbocycles. The number of hydrogen-bond acceptors (Lipinski definition) is 7. The van der Waals surface area contributed by atoms with E-state index in [9.17, 15) is 19.5 Å². The number of nitrogens with one attached hydrogen (secondary N) is 1. The number of rotatable bonds is 10. The van der Waals surface area contributed by atoms with Gasteiger partial charge in [0, 0.05) is 18.6 Å².